The number of piperidine rings is 2. The smallest absolute Gasteiger partial charge is 0.234 e. The Bertz CT molecular complexity index is 1850. The van der Waals surface area contributed by atoms with Gasteiger partial charge in [0.05, 0.1) is 0 Å². The van der Waals surface area contributed by atoms with Crippen LogP contribution in [0.3, 0.4) is 0 Å². The van der Waals surface area contributed by atoms with Crippen LogP contribution in [0.1, 0.15) is 90.3 Å². The number of fused-ring (bicyclic) bond motifs is 2. The van der Waals surface area contributed by atoms with E-state index in [2.05, 4.69) is 109 Å². The summed E-state index contributed by atoms with van der Waals surface area (Å²) >= 11 is 3.50. The molecule has 0 atom stereocenters. The van der Waals surface area contributed by atoms with E-state index in [0.29, 0.717) is 24.4 Å². The number of aromatic nitrogens is 6. The molecule has 0 unspecified atom stereocenters. The van der Waals surface area contributed by atoms with Gasteiger partial charge < -0.3 is 14.5 Å². The zero-order chi connectivity index (χ0) is 35.8. The highest BCUT2D eigenvalue weighted by Gasteiger charge is 2.22. The van der Waals surface area contributed by atoms with Crippen molar-refractivity contribution in [3.63, 3.8) is 0 Å². The van der Waals surface area contributed by atoms with Crippen LogP contribution in [0, 0.1) is 33.5 Å². The number of ketones is 2. The average molecular weight is 732 g/mol. The number of hydrogen-bond donors (Lipinski definition) is 1. The molecule has 260 valence electrons. The predicted octanol–water partition coefficient (Wildman–Crippen LogP) is 5.70. The first-order valence-electron chi connectivity index (χ1n) is 16.7. The van der Waals surface area contributed by atoms with Gasteiger partial charge in [-0.3, -0.25) is 14.5 Å². The molecule has 13 heteroatoms. The van der Waals surface area contributed by atoms with Crippen molar-refractivity contribution in [1.29, 1.82) is 10.5 Å². The number of nitrogens with one attached hydrogen (secondary N) is 1. The Kier molecular flexibility index (Phi) is 12.8. The predicted molar refractivity (Wildman–Crippen MR) is 193 cm³/mol. The minimum Gasteiger partial charge on any atom is -0.328 e. The van der Waals surface area contributed by atoms with Gasteiger partial charge in [0.15, 0.2) is 0 Å². The third-order valence-electron chi connectivity index (χ3n) is 8.00. The summed E-state index contributed by atoms with van der Waals surface area (Å²) in [6.45, 7) is 19.0. The van der Waals surface area contributed by atoms with E-state index in [-0.39, 0.29) is 22.5 Å². The van der Waals surface area contributed by atoms with Crippen molar-refractivity contribution >= 4 is 49.6 Å². The number of carbonyl (C=O) groups is 2. The van der Waals surface area contributed by atoms with Gasteiger partial charge in [0, 0.05) is 111 Å². The minimum absolute atomic E-state index is 0.0936. The van der Waals surface area contributed by atoms with Crippen LogP contribution in [0.4, 0.5) is 0 Å². The van der Waals surface area contributed by atoms with E-state index in [1.165, 1.54) is 5.69 Å². The van der Waals surface area contributed by atoms with Gasteiger partial charge >= 0.3 is 0 Å². The summed E-state index contributed by atoms with van der Waals surface area (Å²) in [6.07, 6.45) is 6.19. The second kappa shape index (κ2) is 16.6. The lowest BCUT2D eigenvalue weighted by molar-refractivity contribution is -0.121. The van der Waals surface area contributed by atoms with Crippen LogP contribution in [0.2, 0.25) is 0 Å². The standard InChI is InChI=1S/C18H23N5O.C13H15BrN4.C5H9NO/c1-18(2,3)12-23-14(11-22-6-4-15(24)5-7-22)8-13-10-20-16(9-19)21-17(13)23;1-13(2,3)8-18-10(5-14)4-9-7-16-11(6-15)17-12(9)18;7-5-1-3-6-4-2-5/h8,10H,4-7,11-12H2,1-3H3;4,7H,5,8H2,1-3H3;6H,1-4H2. The molecule has 0 aromatic carbocycles. The van der Waals surface area contributed by atoms with E-state index >= 15 is 0 Å². The highest BCUT2D eigenvalue weighted by molar-refractivity contribution is 9.08. The number of Topliss-reactive ketones (excluding diaryl/α,β-unsaturated/α-hetero) is 2. The number of nitrogens with zero attached hydrogens (tertiary/aromatic N) is 9. The molecule has 6 rings (SSSR count). The molecule has 12 nitrogen and oxygen atoms in total. The van der Waals surface area contributed by atoms with Crippen LogP contribution in [0.5, 0.6) is 0 Å². The molecule has 0 radical (unpaired) electrons. The van der Waals surface area contributed by atoms with Gasteiger partial charge in [-0.15, -0.1) is 0 Å². The van der Waals surface area contributed by atoms with Crippen molar-refractivity contribution < 1.29 is 9.59 Å². The van der Waals surface area contributed by atoms with Crippen molar-refractivity contribution in [2.75, 3.05) is 26.2 Å². The van der Waals surface area contributed by atoms with Crippen molar-refractivity contribution in [2.24, 2.45) is 10.8 Å². The highest BCUT2D eigenvalue weighted by atomic mass is 79.9. The SMILES string of the molecule is CC(C)(C)Cn1c(CBr)cc2cnc(C#N)nc21.CC(C)(C)Cn1c(CN2CCC(=O)CC2)cc2cnc(C#N)nc21.O=C1CCNCC1. The molecule has 6 heterocycles. The molecule has 0 bridgehead atoms. The number of rotatable bonds is 5. The van der Waals surface area contributed by atoms with Gasteiger partial charge in [0.25, 0.3) is 0 Å². The topological polar surface area (TPSA) is 158 Å². The second-order valence-corrected chi connectivity index (χ2v) is 15.5. The molecule has 1 N–H and O–H groups in total. The van der Waals surface area contributed by atoms with Gasteiger partial charge in [0.2, 0.25) is 11.6 Å². The maximum atomic E-state index is 11.4. The highest BCUT2D eigenvalue weighted by Crippen LogP contribution is 2.27. The Labute approximate surface area is 297 Å². The second-order valence-electron chi connectivity index (χ2n) is 15.0. The first-order chi connectivity index (χ1) is 23.2. The molecule has 0 amide bonds. The number of halogens is 1. The first-order valence-corrected chi connectivity index (χ1v) is 17.8. The van der Waals surface area contributed by atoms with Crippen LogP contribution in [-0.2, 0) is 34.6 Å². The summed E-state index contributed by atoms with van der Waals surface area (Å²) in [5, 5.41) is 23.8. The van der Waals surface area contributed by atoms with Crippen molar-refractivity contribution in [3.8, 4) is 12.1 Å². The number of alkyl halides is 1. The number of nitriles is 2. The molecule has 49 heavy (non-hydrogen) atoms. The van der Waals surface area contributed by atoms with Crippen molar-refractivity contribution in [1.82, 2.24) is 39.3 Å². The van der Waals surface area contributed by atoms with Crippen LogP contribution >= 0.6 is 15.9 Å². The molecule has 0 spiro atoms. The van der Waals surface area contributed by atoms with E-state index in [1.807, 2.05) is 12.1 Å². The zero-order valence-electron chi connectivity index (χ0n) is 29.5. The Balaban J connectivity index is 0.000000189. The summed E-state index contributed by atoms with van der Waals surface area (Å²) < 4.78 is 4.36. The normalized spacial score (nSPS) is 15.6. The molecular weight excluding hydrogens is 684 g/mol. The maximum absolute atomic E-state index is 11.4. The Hall–Kier alpha value is -4.04. The minimum atomic E-state index is 0.0936. The van der Waals surface area contributed by atoms with Gasteiger partial charge in [-0.25, -0.2) is 19.9 Å². The van der Waals surface area contributed by atoms with Crippen LogP contribution in [0.25, 0.3) is 22.1 Å². The van der Waals surface area contributed by atoms with Crippen molar-refractivity contribution in [2.45, 2.75) is 92.2 Å². The maximum Gasteiger partial charge on any atom is 0.234 e. The summed E-state index contributed by atoms with van der Waals surface area (Å²) in [6, 6.07) is 8.19. The number of hydrogen-bond acceptors (Lipinski definition) is 10. The monoisotopic (exact) mass is 730 g/mol. The fourth-order valence-corrected chi connectivity index (χ4v) is 6.20. The summed E-state index contributed by atoms with van der Waals surface area (Å²) in [5.74, 6) is 1.17. The van der Waals surface area contributed by atoms with Crippen LogP contribution < -0.4 is 5.32 Å². The van der Waals surface area contributed by atoms with Gasteiger partial charge in [0.1, 0.15) is 35.0 Å². The third-order valence-corrected chi connectivity index (χ3v) is 8.58. The van der Waals surface area contributed by atoms with Gasteiger partial charge in [-0.1, -0.05) is 57.5 Å². The number of likely N-dealkylation sites (tertiary alicyclic amines) is 1. The molecule has 0 aliphatic carbocycles. The van der Waals surface area contributed by atoms with E-state index in [4.69, 9.17) is 10.5 Å². The number of carbonyl (C=O) groups excluding carboxylic acids is 2. The molecular formula is C36H47BrN10O2. The van der Waals surface area contributed by atoms with E-state index in [9.17, 15) is 9.59 Å². The Morgan fingerprint density at radius 1 is 0.755 bits per heavy atom. The third kappa shape index (κ3) is 11.0. The lowest BCUT2D eigenvalue weighted by Crippen LogP contribution is -2.34. The summed E-state index contributed by atoms with van der Waals surface area (Å²) in [4.78, 5) is 41.0. The molecule has 4 aromatic heterocycles. The Morgan fingerprint density at radius 3 is 1.61 bits per heavy atom. The van der Waals surface area contributed by atoms with Crippen LogP contribution in [-0.4, -0.2) is 71.7 Å². The van der Waals surface area contributed by atoms with Crippen LogP contribution in [0.15, 0.2) is 24.5 Å². The lowest BCUT2D eigenvalue weighted by atomic mass is 9.97. The molecule has 2 saturated heterocycles. The average Bonchev–Trinajstić information content (AvgIpc) is 3.57. The fraction of sp³-hybridized carbons (Fsp3) is 0.556. The van der Waals surface area contributed by atoms with E-state index < -0.39 is 0 Å². The first kappa shape index (κ1) is 37.8. The Morgan fingerprint density at radius 2 is 1.20 bits per heavy atom. The molecule has 2 aliphatic heterocycles. The summed E-state index contributed by atoms with van der Waals surface area (Å²) in [5.41, 5.74) is 4.23. The molecule has 2 aliphatic rings. The van der Waals surface area contributed by atoms with Gasteiger partial charge in [-0.2, -0.15) is 10.5 Å². The largest absolute Gasteiger partial charge is 0.328 e. The van der Waals surface area contributed by atoms with E-state index in [1.54, 1.807) is 12.4 Å². The fourth-order valence-electron chi connectivity index (χ4n) is 5.73. The molecule has 0 saturated carbocycles. The lowest BCUT2D eigenvalue weighted by Gasteiger charge is -2.27. The molecule has 2 fully saturated rings. The molecule has 4 aromatic rings. The quantitative estimate of drug-likeness (QED) is 0.253. The zero-order valence-corrected chi connectivity index (χ0v) is 31.1. The van der Waals surface area contributed by atoms with Crippen molar-refractivity contribution in [3.05, 3.63) is 47.6 Å². The van der Waals surface area contributed by atoms with Gasteiger partial charge in [-0.05, 0) is 23.0 Å². The summed E-state index contributed by atoms with van der Waals surface area (Å²) in [7, 11) is 0. The van der Waals surface area contributed by atoms with E-state index in [0.717, 1.165) is 91.7 Å².